The van der Waals surface area contributed by atoms with E-state index in [4.69, 9.17) is 4.74 Å². The fourth-order valence-corrected chi connectivity index (χ4v) is 3.68. The van der Waals surface area contributed by atoms with E-state index in [0.29, 0.717) is 0 Å². The van der Waals surface area contributed by atoms with Crippen molar-refractivity contribution in [3.8, 4) is 5.75 Å². The van der Waals surface area contributed by atoms with Crippen LogP contribution in [0.1, 0.15) is 44.2 Å². The van der Waals surface area contributed by atoms with Crippen molar-refractivity contribution in [3.05, 3.63) is 29.6 Å². The zero-order chi connectivity index (χ0) is 14.9. The average molecular weight is 292 g/mol. The highest BCUT2D eigenvalue weighted by atomic mass is 19.1. The number of nitrogens with zero attached hydrogens (tertiary/aromatic N) is 1. The molecule has 0 aromatic heterocycles. The normalized spacial score (nSPS) is 29.8. The third kappa shape index (κ3) is 3.06. The van der Waals surface area contributed by atoms with Gasteiger partial charge in [-0.2, -0.15) is 0 Å². The van der Waals surface area contributed by atoms with Crippen molar-refractivity contribution >= 4 is 0 Å². The first-order valence-electron chi connectivity index (χ1n) is 8.02. The Kier molecular flexibility index (Phi) is 4.18. The van der Waals surface area contributed by atoms with E-state index in [1.54, 1.807) is 12.1 Å². The fraction of sp³-hybridized carbons (Fsp3) is 0.647. The number of nitrogens with one attached hydrogen (secondary N) is 1. The zero-order valence-electron chi connectivity index (χ0n) is 13.0. The molecule has 0 bridgehead atoms. The molecule has 0 radical (unpaired) electrons. The number of rotatable bonds is 2. The number of benzene rings is 1. The number of fused-ring (bicyclic) bond motifs is 1. The van der Waals surface area contributed by atoms with Crippen LogP contribution in [0.25, 0.3) is 0 Å². The Bertz CT molecular complexity index is 508. The smallest absolute Gasteiger partial charge is 0.125 e. The Balaban J connectivity index is 1.91. The number of likely N-dealkylation sites (tertiary alicyclic amines) is 1. The Labute approximate surface area is 126 Å². The highest BCUT2D eigenvalue weighted by molar-refractivity contribution is 5.39. The van der Waals surface area contributed by atoms with Crippen LogP contribution >= 0.6 is 0 Å². The monoisotopic (exact) mass is 292 g/mol. The summed E-state index contributed by atoms with van der Waals surface area (Å²) >= 11 is 0. The molecule has 21 heavy (non-hydrogen) atoms. The lowest BCUT2D eigenvalue weighted by Gasteiger charge is -2.42. The molecule has 2 heterocycles. The van der Waals surface area contributed by atoms with Crippen LogP contribution in [-0.2, 0) is 0 Å². The minimum atomic E-state index is -0.184. The van der Waals surface area contributed by atoms with Gasteiger partial charge in [0, 0.05) is 24.6 Å². The molecule has 2 atom stereocenters. The molecule has 0 amide bonds. The molecule has 2 aliphatic heterocycles. The van der Waals surface area contributed by atoms with Gasteiger partial charge in [-0.25, -0.2) is 4.39 Å². The molecule has 1 N–H and O–H groups in total. The molecule has 1 fully saturated rings. The van der Waals surface area contributed by atoms with Crippen molar-refractivity contribution in [3.63, 3.8) is 0 Å². The van der Waals surface area contributed by atoms with Gasteiger partial charge in [0.05, 0.1) is 0 Å². The standard InChI is InChI=1S/C17H25FN2O/c1-3-19-15-12-17(7-4-9-20(2)10-8-17)21-16-6-5-13(18)11-14(15)16/h5-6,11,15,19H,3-4,7-10,12H2,1-2H3. The summed E-state index contributed by atoms with van der Waals surface area (Å²) in [4.78, 5) is 2.38. The minimum Gasteiger partial charge on any atom is -0.487 e. The second-order valence-corrected chi connectivity index (χ2v) is 6.44. The van der Waals surface area contributed by atoms with Crippen LogP contribution in [0.15, 0.2) is 18.2 Å². The second kappa shape index (κ2) is 5.93. The first kappa shape index (κ1) is 14.8. The summed E-state index contributed by atoms with van der Waals surface area (Å²) in [5.74, 6) is 0.676. The molecule has 2 aliphatic rings. The Morgan fingerprint density at radius 3 is 3.05 bits per heavy atom. The van der Waals surface area contributed by atoms with Crippen molar-refractivity contribution in [2.45, 2.75) is 44.2 Å². The van der Waals surface area contributed by atoms with Gasteiger partial charge in [-0.15, -0.1) is 0 Å². The Hall–Kier alpha value is -1.13. The third-order valence-corrected chi connectivity index (χ3v) is 4.82. The summed E-state index contributed by atoms with van der Waals surface area (Å²) in [6, 6.07) is 5.12. The van der Waals surface area contributed by atoms with Crippen molar-refractivity contribution < 1.29 is 9.13 Å². The van der Waals surface area contributed by atoms with Crippen LogP contribution in [0.4, 0.5) is 4.39 Å². The first-order valence-corrected chi connectivity index (χ1v) is 8.02. The Morgan fingerprint density at radius 1 is 1.38 bits per heavy atom. The molecule has 0 saturated carbocycles. The largest absolute Gasteiger partial charge is 0.487 e. The van der Waals surface area contributed by atoms with Crippen LogP contribution in [0, 0.1) is 5.82 Å². The topological polar surface area (TPSA) is 24.5 Å². The second-order valence-electron chi connectivity index (χ2n) is 6.44. The number of hydrogen-bond donors (Lipinski definition) is 1. The first-order chi connectivity index (χ1) is 10.1. The van der Waals surface area contributed by atoms with E-state index < -0.39 is 0 Å². The molecular formula is C17H25FN2O. The maximum Gasteiger partial charge on any atom is 0.125 e. The summed E-state index contributed by atoms with van der Waals surface area (Å²) in [5.41, 5.74) is 0.877. The van der Waals surface area contributed by atoms with E-state index in [9.17, 15) is 4.39 Å². The highest BCUT2D eigenvalue weighted by Gasteiger charge is 2.41. The Morgan fingerprint density at radius 2 is 2.24 bits per heavy atom. The van der Waals surface area contributed by atoms with Gasteiger partial charge < -0.3 is 15.0 Å². The van der Waals surface area contributed by atoms with Gasteiger partial charge in [0.15, 0.2) is 0 Å². The fourth-order valence-electron chi connectivity index (χ4n) is 3.68. The third-order valence-electron chi connectivity index (χ3n) is 4.82. The number of halogens is 1. The molecule has 0 aliphatic carbocycles. The zero-order valence-corrected chi connectivity index (χ0v) is 13.0. The van der Waals surface area contributed by atoms with E-state index in [-0.39, 0.29) is 17.5 Å². The van der Waals surface area contributed by atoms with Crippen molar-refractivity contribution in [1.82, 2.24) is 10.2 Å². The van der Waals surface area contributed by atoms with E-state index in [1.165, 1.54) is 6.07 Å². The number of ether oxygens (including phenoxy) is 1. The van der Waals surface area contributed by atoms with E-state index in [2.05, 4.69) is 24.2 Å². The van der Waals surface area contributed by atoms with Gasteiger partial charge in [0.2, 0.25) is 0 Å². The molecule has 3 rings (SSSR count). The van der Waals surface area contributed by atoms with Gasteiger partial charge in [0.25, 0.3) is 0 Å². The average Bonchev–Trinajstić information content (AvgIpc) is 2.63. The van der Waals surface area contributed by atoms with Crippen LogP contribution in [-0.4, -0.2) is 37.2 Å². The maximum atomic E-state index is 13.6. The summed E-state index contributed by atoms with van der Waals surface area (Å²) in [6.45, 7) is 5.18. The molecule has 1 saturated heterocycles. The molecule has 2 unspecified atom stereocenters. The highest BCUT2D eigenvalue weighted by Crippen LogP contribution is 2.44. The number of hydrogen-bond acceptors (Lipinski definition) is 3. The van der Waals surface area contributed by atoms with Gasteiger partial charge in [-0.3, -0.25) is 0 Å². The lowest BCUT2D eigenvalue weighted by molar-refractivity contribution is 0.0172. The maximum absolute atomic E-state index is 13.6. The quantitative estimate of drug-likeness (QED) is 0.906. The molecular weight excluding hydrogens is 267 g/mol. The predicted octanol–water partition coefficient (Wildman–Crippen LogP) is 3.11. The van der Waals surface area contributed by atoms with Crippen molar-refractivity contribution in [2.75, 3.05) is 26.7 Å². The molecule has 1 spiro atoms. The van der Waals surface area contributed by atoms with Gasteiger partial charge >= 0.3 is 0 Å². The molecule has 1 aromatic rings. The lowest BCUT2D eigenvalue weighted by Crippen LogP contribution is -2.44. The van der Waals surface area contributed by atoms with Crippen molar-refractivity contribution in [2.24, 2.45) is 0 Å². The van der Waals surface area contributed by atoms with E-state index in [1.807, 2.05) is 0 Å². The molecule has 4 heteroatoms. The van der Waals surface area contributed by atoms with Crippen LogP contribution < -0.4 is 10.1 Å². The summed E-state index contributed by atoms with van der Waals surface area (Å²) in [6.07, 6.45) is 4.22. The molecule has 3 nitrogen and oxygen atoms in total. The van der Waals surface area contributed by atoms with E-state index in [0.717, 1.165) is 56.6 Å². The van der Waals surface area contributed by atoms with E-state index >= 15 is 0 Å². The summed E-state index contributed by atoms with van der Waals surface area (Å²) in [5, 5.41) is 3.51. The predicted molar refractivity (Wildman–Crippen MR) is 82.1 cm³/mol. The van der Waals surface area contributed by atoms with Gasteiger partial charge in [-0.05, 0) is 57.6 Å². The molecule has 1 aromatic carbocycles. The SMILES string of the molecule is CCNC1CC2(CCCN(C)CC2)Oc2ccc(F)cc21. The minimum absolute atomic E-state index is 0.0948. The van der Waals surface area contributed by atoms with Crippen LogP contribution in [0.2, 0.25) is 0 Å². The van der Waals surface area contributed by atoms with Crippen LogP contribution in [0.5, 0.6) is 5.75 Å². The lowest BCUT2D eigenvalue weighted by atomic mass is 9.82. The van der Waals surface area contributed by atoms with Gasteiger partial charge in [-0.1, -0.05) is 6.92 Å². The summed E-state index contributed by atoms with van der Waals surface area (Å²) < 4.78 is 20.0. The summed E-state index contributed by atoms with van der Waals surface area (Å²) in [7, 11) is 2.17. The molecule has 116 valence electrons. The van der Waals surface area contributed by atoms with Gasteiger partial charge in [0.1, 0.15) is 17.2 Å². The van der Waals surface area contributed by atoms with Crippen LogP contribution in [0.3, 0.4) is 0 Å². The van der Waals surface area contributed by atoms with Crippen molar-refractivity contribution in [1.29, 1.82) is 0 Å².